The van der Waals surface area contributed by atoms with Crippen LogP contribution in [-0.2, 0) is 16.6 Å². The molecule has 0 atom stereocenters. The van der Waals surface area contributed by atoms with Gasteiger partial charge in [0.2, 0.25) is 10.0 Å². The van der Waals surface area contributed by atoms with Crippen molar-refractivity contribution < 1.29 is 17.9 Å². The van der Waals surface area contributed by atoms with E-state index in [-0.39, 0.29) is 16.0 Å². The number of sulfonamides is 1. The van der Waals surface area contributed by atoms with Crippen molar-refractivity contribution in [1.82, 2.24) is 9.21 Å². The summed E-state index contributed by atoms with van der Waals surface area (Å²) in [4.78, 5) is 1.95. The number of halogens is 1. The summed E-state index contributed by atoms with van der Waals surface area (Å²) in [6.45, 7) is 4.78. The van der Waals surface area contributed by atoms with Crippen LogP contribution >= 0.6 is 0 Å². The summed E-state index contributed by atoms with van der Waals surface area (Å²) in [7, 11) is -1.87. The Kier molecular flexibility index (Phi) is 4.39. The van der Waals surface area contributed by atoms with Crippen LogP contribution in [0, 0.1) is 5.82 Å². The Morgan fingerprint density at radius 1 is 1.33 bits per heavy atom. The number of rotatable bonds is 3. The number of hydrogen-bond acceptors (Lipinski definition) is 4. The predicted octanol–water partition coefficient (Wildman–Crippen LogP) is 1.03. The van der Waals surface area contributed by atoms with Gasteiger partial charge in [-0.15, -0.1) is 0 Å². The van der Waals surface area contributed by atoms with Crippen molar-refractivity contribution in [2.45, 2.75) is 30.9 Å². The first kappa shape index (κ1) is 16.4. The Hall–Kier alpha value is -1.02. The van der Waals surface area contributed by atoms with Gasteiger partial charge in [0, 0.05) is 25.2 Å². The molecule has 21 heavy (non-hydrogen) atoms. The molecule has 0 spiro atoms. The van der Waals surface area contributed by atoms with Crippen molar-refractivity contribution in [3.63, 3.8) is 0 Å². The van der Waals surface area contributed by atoms with Gasteiger partial charge in [-0.25, -0.2) is 12.8 Å². The molecule has 1 aromatic carbocycles. The normalized spacial score (nSPS) is 20.6. The summed E-state index contributed by atoms with van der Waals surface area (Å²) >= 11 is 0. The summed E-state index contributed by atoms with van der Waals surface area (Å²) in [6.07, 6.45) is 0. The molecule has 2 rings (SSSR count). The van der Waals surface area contributed by atoms with Gasteiger partial charge in [0.05, 0.1) is 11.5 Å². The average molecular weight is 316 g/mol. The highest BCUT2D eigenvalue weighted by Gasteiger charge is 2.38. The van der Waals surface area contributed by atoms with E-state index in [1.807, 2.05) is 20.9 Å². The Labute approximate surface area is 125 Å². The highest BCUT2D eigenvalue weighted by molar-refractivity contribution is 7.89. The minimum atomic E-state index is -3.82. The Bertz CT molecular complexity index is 631. The second-order valence-electron chi connectivity index (χ2n) is 5.98. The van der Waals surface area contributed by atoms with Crippen molar-refractivity contribution in [2.24, 2.45) is 0 Å². The number of hydrogen-bond donors (Lipinski definition) is 1. The lowest BCUT2D eigenvalue weighted by Gasteiger charge is -2.44. The molecule has 0 saturated carbocycles. The summed E-state index contributed by atoms with van der Waals surface area (Å²) in [5.41, 5.74) is -0.0778. The van der Waals surface area contributed by atoms with E-state index in [1.165, 1.54) is 10.4 Å². The summed E-state index contributed by atoms with van der Waals surface area (Å²) < 4.78 is 40.3. The minimum Gasteiger partial charge on any atom is -0.392 e. The van der Waals surface area contributed by atoms with Gasteiger partial charge in [0.25, 0.3) is 0 Å². The molecular formula is C14H21FN2O3S. The Morgan fingerprint density at radius 2 is 2.00 bits per heavy atom. The minimum absolute atomic E-state index is 0.148. The number of piperazine rings is 1. The third kappa shape index (κ3) is 3.11. The molecule has 0 amide bonds. The zero-order valence-corrected chi connectivity index (χ0v) is 13.3. The van der Waals surface area contributed by atoms with Gasteiger partial charge < -0.3 is 5.11 Å². The van der Waals surface area contributed by atoms with E-state index in [1.54, 1.807) is 0 Å². The molecule has 5 nitrogen and oxygen atoms in total. The van der Waals surface area contributed by atoms with Crippen molar-refractivity contribution in [2.75, 3.05) is 26.7 Å². The van der Waals surface area contributed by atoms with Crippen LogP contribution in [0.2, 0.25) is 0 Å². The van der Waals surface area contributed by atoms with Crippen LogP contribution in [-0.4, -0.2) is 55.0 Å². The monoisotopic (exact) mass is 316 g/mol. The van der Waals surface area contributed by atoms with Gasteiger partial charge in [-0.2, -0.15) is 4.31 Å². The van der Waals surface area contributed by atoms with Crippen LogP contribution in [0.4, 0.5) is 4.39 Å². The van der Waals surface area contributed by atoms with Gasteiger partial charge in [-0.1, -0.05) is 6.07 Å². The van der Waals surface area contributed by atoms with E-state index in [2.05, 4.69) is 4.90 Å². The molecule has 7 heteroatoms. The van der Waals surface area contributed by atoms with Crippen LogP contribution in [0.25, 0.3) is 0 Å². The van der Waals surface area contributed by atoms with Crippen LogP contribution in [0.1, 0.15) is 19.4 Å². The Balaban J connectivity index is 2.41. The fraction of sp³-hybridized carbons (Fsp3) is 0.571. The average Bonchev–Trinajstić information content (AvgIpc) is 2.41. The molecular weight excluding hydrogens is 295 g/mol. The smallest absolute Gasteiger partial charge is 0.243 e. The number of benzene rings is 1. The molecule has 0 aromatic heterocycles. The molecule has 118 valence electrons. The first-order valence-electron chi connectivity index (χ1n) is 6.79. The molecule has 1 saturated heterocycles. The van der Waals surface area contributed by atoms with Crippen molar-refractivity contribution in [3.05, 3.63) is 29.6 Å². The summed E-state index contributed by atoms with van der Waals surface area (Å²) in [5, 5.41) is 9.30. The topological polar surface area (TPSA) is 60.9 Å². The van der Waals surface area contributed by atoms with Gasteiger partial charge in [0.15, 0.2) is 0 Å². The lowest BCUT2D eigenvalue weighted by atomic mass is 10.0. The Morgan fingerprint density at radius 3 is 2.57 bits per heavy atom. The van der Waals surface area contributed by atoms with Gasteiger partial charge in [-0.3, -0.25) is 4.90 Å². The predicted molar refractivity (Wildman–Crippen MR) is 77.8 cm³/mol. The maximum absolute atomic E-state index is 13.4. The van der Waals surface area contributed by atoms with E-state index < -0.39 is 22.4 Å². The lowest BCUT2D eigenvalue weighted by Crippen LogP contribution is -2.58. The molecule has 0 radical (unpaired) electrons. The summed E-state index contributed by atoms with van der Waals surface area (Å²) in [6, 6.07) is 3.44. The molecule has 1 aliphatic heterocycles. The molecule has 0 aliphatic carbocycles. The van der Waals surface area contributed by atoms with Crippen LogP contribution in [0.3, 0.4) is 0 Å². The van der Waals surface area contributed by atoms with E-state index in [4.69, 9.17) is 0 Å². The van der Waals surface area contributed by atoms with E-state index in [9.17, 15) is 17.9 Å². The quantitative estimate of drug-likeness (QED) is 0.905. The number of aliphatic hydroxyl groups excluding tert-OH is 1. The second-order valence-corrected chi connectivity index (χ2v) is 7.89. The molecule has 0 bridgehead atoms. The standard InChI is InChI=1S/C14H21FN2O3S/c1-14(2)10-17(7-6-16(14)3)21(19,20)13-8-12(15)5-4-11(13)9-18/h4-5,8,18H,6-7,9-10H2,1-3H3. The molecule has 1 N–H and O–H groups in total. The maximum Gasteiger partial charge on any atom is 0.243 e. The molecule has 1 fully saturated rings. The van der Waals surface area contributed by atoms with Gasteiger partial charge in [0.1, 0.15) is 5.82 Å². The number of nitrogens with zero attached hydrogens (tertiary/aromatic N) is 2. The lowest BCUT2D eigenvalue weighted by molar-refractivity contribution is 0.0801. The van der Waals surface area contributed by atoms with Crippen LogP contribution < -0.4 is 0 Å². The van der Waals surface area contributed by atoms with Gasteiger partial charge in [-0.05, 0) is 38.6 Å². The highest BCUT2D eigenvalue weighted by Crippen LogP contribution is 2.27. The third-order valence-electron chi connectivity index (χ3n) is 4.10. The number of likely N-dealkylation sites (N-methyl/N-ethyl adjacent to an activating group) is 1. The zero-order chi connectivity index (χ0) is 15.8. The molecule has 1 aromatic rings. The van der Waals surface area contributed by atoms with Crippen molar-refractivity contribution >= 4 is 10.0 Å². The third-order valence-corrected chi connectivity index (χ3v) is 6.03. The summed E-state index contributed by atoms with van der Waals surface area (Å²) in [5.74, 6) is -0.626. The van der Waals surface area contributed by atoms with Crippen molar-refractivity contribution in [3.8, 4) is 0 Å². The maximum atomic E-state index is 13.4. The molecule has 0 unspecified atom stereocenters. The SMILES string of the molecule is CN1CCN(S(=O)(=O)c2cc(F)ccc2CO)CC1(C)C. The van der Waals surface area contributed by atoms with E-state index in [0.29, 0.717) is 19.6 Å². The van der Waals surface area contributed by atoms with Crippen LogP contribution in [0.5, 0.6) is 0 Å². The molecule has 1 heterocycles. The first-order valence-corrected chi connectivity index (χ1v) is 8.23. The van der Waals surface area contributed by atoms with Gasteiger partial charge >= 0.3 is 0 Å². The van der Waals surface area contributed by atoms with E-state index in [0.717, 1.165) is 12.1 Å². The van der Waals surface area contributed by atoms with Crippen molar-refractivity contribution in [1.29, 1.82) is 0 Å². The zero-order valence-electron chi connectivity index (χ0n) is 12.5. The van der Waals surface area contributed by atoms with Crippen LogP contribution in [0.15, 0.2) is 23.1 Å². The first-order chi connectivity index (χ1) is 9.68. The molecule has 1 aliphatic rings. The fourth-order valence-electron chi connectivity index (χ4n) is 2.44. The fourth-order valence-corrected chi connectivity index (χ4v) is 4.25. The number of aliphatic hydroxyl groups is 1. The largest absolute Gasteiger partial charge is 0.392 e. The highest BCUT2D eigenvalue weighted by atomic mass is 32.2. The van der Waals surface area contributed by atoms with E-state index >= 15 is 0 Å². The second kappa shape index (κ2) is 5.64.